The molecule has 0 bridgehead atoms. The van der Waals surface area contributed by atoms with Crippen LogP contribution in [0.4, 0.5) is 8.78 Å². The van der Waals surface area contributed by atoms with Gasteiger partial charge in [0.25, 0.3) is 12.0 Å². The van der Waals surface area contributed by atoms with Crippen molar-refractivity contribution in [2.45, 2.75) is 12.8 Å². The number of carboxylic acid groups (broad SMARTS) is 1. The zero-order chi connectivity index (χ0) is 11.6. The summed E-state index contributed by atoms with van der Waals surface area (Å²) in [5.41, 5.74) is -1.96. The van der Waals surface area contributed by atoms with Crippen molar-refractivity contribution in [2.24, 2.45) is 0 Å². The SMILES string of the molecule is O=C(O)Cc1c(Br)c[nH]c(=O)c1C(F)F. The number of nitrogens with one attached hydrogen (secondary N) is 1. The van der Waals surface area contributed by atoms with Crippen molar-refractivity contribution in [1.82, 2.24) is 4.98 Å². The van der Waals surface area contributed by atoms with E-state index in [0.717, 1.165) is 6.20 Å². The summed E-state index contributed by atoms with van der Waals surface area (Å²) in [5.74, 6) is -1.27. The third-order valence-corrected chi connectivity index (χ3v) is 2.44. The van der Waals surface area contributed by atoms with Gasteiger partial charge in [0.1, 0.15) is 0 Å². The van der Waals surface area contributed by atoms with Gasteiger partial charge in [0.15, 0.2) is 0 Å². The smallest absolute Gasteiger partial charge is 0.307 e. The molecule has 0 spiro atoms. The zero-order valence-electron chi connectivity index (χ0n) is 7.26. The second-order valence-corrected chi connectivity index (χ2v) is 3.58. The molecule has 0 aliphatic heterocycles. The molecule has 0 amide bonds. The minimum Gasteiger partial charge on any atom is -0.481 e. The van der Waals surface area contributed by atoms with Gasteiger partial charge in [-0.1, -0.05) is 0 Å². The lowest BCUT2D eigenvalue weighted by molar-refractivity contribution is -0.136. The van der Waals surface area contributed by atoms with E-state index in [-0.39, 0.29) is 10.0 Å². The maximum atomic E-state index is 12.5. The molecule has 0 saturated carbocycles. The van der Waals surface area contributed by atoms with Gasteiger partial charge in [-0.2, -0.15) is 0 Å². The van der Waals surface area contributed by atoms with Gasteiger partial charge in [0, 0.05) is 10.7 Å². The van der Waals surface area contributed by atoms with E-state index in [1.807, 2.05) is 0 Å². The molecule has 7 heteroatoms. The van der Waals surface area contributed by atoms with Crippen molar-refractivity contribution in [2.75, 3.05) is 0 Å². The molecular formula is C8H6BrF2NO3. The van der Waals surface area contributed by atoms with E-state index < -0.39 is 29.9 Å². The number of hydrogen-bond acceptors (Lipinski definition) is 2. The Kier molecular flexibility index (Phi) is 3.57. The standard InChI is InChI=1S/C8H6BrF2NO3/c9-4-2-12-8(15)6(7(10)11)3(4)1-5(13)14/h2,7H,1H2,(H,12,15)(H,13,14). The van der Waals surface area contributed by atoms with Gasteiger partial charge in [-0.05, 0) is 21.5 Å². The van der Waals surface area contributed by atoms with Gasteiger partial charge in [-0.15, -0.1) is 0 Å². The highest BCUT2D eigenvalue weighted by molar-refractivity contribution is 9.10. The van der Waals surface area contributed by atoms with E-state index in [0.29, 0.717) is 0 Å². The largest absolute Gasteiger partial charge is 0.481 e. The molecule has 1 heterocycles. The Morgan fingerprint density at radius 3 is 2.67 bits per heavy atom. The highest BCUT2D eigenvalue weighted by Crippen LogP contribution is 2.25. The zero-order valence-corrected chi connectivity index (χ0v) is 8.85. The van der Waals surface area contributed by atoms with Crippen molar-refractivity contribution < 1.29 is 18.7 Å². The predicted molar refractivity (Wildman–Crippen MR) is 51.1 cm³/mol. The van der Waals surface area contributed by atoms with Crippen LogP contribution < -0.4 is 5.56 Å². The molecule has 0 aromatic carbocycles. The number of carboxylic acids is 1. The lowest BCUT2D eigenvalue weighted by Gasteiger charge is -2.07. The van der Waals surface area contributed by atoms with Crippen molar-refractivity contribution in [3.63, 3.8) is 0 Å². The van der Waals surface area contributed by atoms with Crippen LogP contribution in [0.1, 0.15) is 17.6 Å². The second-order valence-electron chi connectivity index (χ2n) is 2.73. The molecule has 0 unspecified atom stereocenters. The van der Waals surface area contributed by atoms with Crippen LogP contribution in [0.5, 0.6) is 0 Å². The summed E-state index contributed by atoms with van der Waals surface area (Å²) in [6.07, 6.45) is -2.47. The van der Waals surface area contributed by atoms with E-state index in [4.69, 9.17) is 5.11 Å². The molecule has 1 aromatic rings. The Hall–Kier alpha value is -1.24. The molecule has 1 aromatic heterocycles. The quantitative estimate of drug-likeness (QED) is 0.886. The third kappa shape index (κ3) is 2.62. The fourth-order valence-electron chi connectivity index (χ4n) is 1.12. The summed E-state index contributed by atoms with van der Waals surface area (Å²) in [7, 11) is 0. The summed E-state index contributed by atoms with van der Waals surface area (Å²) in [5, 5.41) is 8.51. The van der Waals surface area contributed by atoms with Gasteiger partial charge in [0.2, 0.25) is 0 Å². The molecular weight excluding hydrogens is 276 g/mol. The van der Waals surface area contributed by atoms with E-state index in [2.05, 4.69) is 20.9 Å². The van der Waals surface area contributed by atoms with Gasteiger partial charge in [-0.25, -0.2) is 8.78 Å². The summed E-state index contributed by atoms with van der Waals surface area (Å²) >= 11 is 2.91. The number of hydrogen-bond donors (Lipinski definition) is 2. The first-order valence-electron chi connectivity index (χ1n) is 3.83. The van der Waals surface area contributed by atoms with Gasteiger partial charge in [-0.3, -0.25) is 9.59 Å². The summed E-state index contributed by atoms with van der Waals surface area (Å²) in [6, 6.07) is 0. The topological polar surface area (TPSA) is 70.2 Å². The number of alkyl halides is 2. The molecule has 0 fully saturated rings. The number of carbonyl (C=O) groups is 1. The Bertz CT molecular complexity index is 444. The van der Waals surface area contributed by atoms with E-state index in [9.17, 15) is 18.4 Å². The molecule has 0 saturated heterocycles. The number of halogens is 3. The first-order chi connectivity index (χ1) is 6.93. The molecule has 0 aliphatic rings. The number of aromatic nitrogens is 1. The van der Waals surface area contributed by atoms with Crippen LogP contribution >= 0.6 is 15.9 Å². The van der Waals surface area contributed by atoms with Crippen LogP contribution in [0.25, 0.3) is 0 Å². The van der Waals surface area contributed by atoms with Crippen molar-refractivity contribution >= 4 is 21.9 Å². The average Bonchev–Trinajstić information content (AvgIpc) is 2.10. The monoisotopic (exact) mass is 281 g/mol. The Morgan fingerprint density at radius 1 is 1.60 bits per heavy atom. The van der Waals surface area contributed by atoms with Crippen molar-refractivity contribution in [3.05, 3.63) is 32.2 Å². The predicted octanol–water partition coefficient (Wildman–Crippen LogP) is 1.70. The molecule has 2 N–H and O–H groups in total. The maximum absolute atomic E-state index is 12.5. The fourth-order valence-corrected chi connectivity index (χ4v) is 1.59. The van der Waals surface area contributed by atoms with Crippen LogP contribution in [0, 0.1) is 0 Å². The minimum absolute atomic E-state index is 0.153. The van der Waals surface area contributed by atoms with Crippen LogP contribution in [0.2, 0.25) is 0 Å². The summed E-state index contributed by atoms with van der Waals surface area (Å²) in [4.78, 5) is 23.6. The summed E-state index contributed by atoms with van der Waals surface area (Å²) in [6.45, 7) is 0. The highest BCUT2D eigenvalue weighted by atomic mass is 79.9. The number of pyridine rings is 1. The first kappa shape index (κ1) is 11.8. The number of rotatable bonds is 3. The van der Waals surface area contributed by atoms with Gasteiger partial charge in [0.05, 0.1) is 12.0 Å². The van der Waals surface area contributed by atoms with E-state index >= 15 is 0 Å². The molecule has 0 aliphatic carbocycles. The fraction of sp³-hybridized carbons (Fsp3) is 0.250. The first-order valence-corrected chi connectivity index (χ1v) is 4.62. The summed E-state index contributed by atoms with van der Waals surface area (Å²) < 4.78 is 25.1. The number of H-pyrrole nitrogens is 1. The highest BCUT2D eigenvalue weighted by Gasteiger charge is 2.21. The lowest BCUT2D eigenvalue weighted by atomic mass is 10.1. The molecule has 82 valence electrons. The van der Waals surface area contributed by atoms with Gasteiger partial charge >= 0.3 is 5.97 Å². The van der Waals surface area contributed by atoms with Crippen LogP contribution in [-0.2, 0) is 11.2 Å². The Balaban J connectivity index is 3.38. The third-order valence-electron chi connectivity index (χ3n) is 1.73. The van der Waals surface area contributed by atoms with Gasteiger partial charge < -0.3 is 10.1 Å². The van der Waals surface area contributed by atoms with Crippen molar-refractivity contribution in [3.8, 4) is 0 Å². The average molecular weight is 282 g/mol. The molecule has 0 atom stereocenters. The molecule has 4 nitrogen and oxygen atoms in total. The van der Waals surface area contributed by atoms with Crippen LogP contribution in [-0.4, -0.2) is 16.1 Å². The van der Waals surface area contributed by atoms with E-state index in [1.54, 1.807) is 0 Å². The number of aromatic amines is 1. The Morgan fingerprint density at radius 2 is 2.20 bits per heavy atom. The van der Waals surface area contributed by atoms with E-state index in [1.165, 1.54) is 0 Å². The molecule has 1 rings (SSSR count). The Labute approximate surface area is 91.1 Å². The van der Waals surface area contributed by atoms with Crippen molar-refractivity contribution in [1.29, 1.82) is 0 Å². The van der Waals surface area contributed by atoms with Crippen LogP contribution in [0.3, 0.4) is 0 Å². The molecule has 15 heavy (non-hydrogen) atoms. The molecule has 0 radical (unpaired) electrons. The number of aliphatic carboxylic acids is 1. The minimum atomic E-state index is -3.00. The van der Waals surface area contributed by atoms with Crippen LogP contribution in [0.15, 0.2) is 15.5 Å². The lowest BCUT2D eigenvalue weighted by Crippen LogP contribution is -2.18. The second kappa shape index (κ2) is 4.52. The maximum Gasteiger partial charge on any atom is 0.307 e. The normalized spacial score (nSPS) is 10.7.